The van der Waals surface area contributed by atoms with E-state index in [1.165, 1.54) is 0 Å². The number of hydrogen-bond acceptors (Lipinski definition) is 3. The van der Waals surface area contributed by atoms with E-state index in [1.807, 2.05) is 0 Å². The van der Waals surface area contributed by atoms with Gasteiger partial charge in [0.25, 0.3) is 0 Å². The van der Waals surface area contributed by atoms with Crippen LogP contribution in [0.15, 0.2) is 12.1 Å². The molecular weight excluding hydrogens is 269 g/mol. The fraction of sp³-hybridized carbons (Fsp3) is 0.375. The van der Waals surface area contributed by atoms with Gasteiger partial charge < -0.3 is 0 Å². The molecule has 1 amide bonds. The fourth-order valence-electron chi connectivity index (χ4n) is 1.34. The van der Waals surface area contributed by atoms with Crippen LogP contribution in [0, 0.1) is 0 Å². The number of amides is 1. The number of hydrogen-bond donors (Lipinski definition) is 0. The second-order valence-electron chi connectivity index (χ2n) is 3.02. The third kappa shape index (κ3) is 1.88. The second kappa shape index (κ2) is 3.82. The molecule has 0 aliphatic carbocycles. The Kier molecular flexibility index (Phi) is 2.69. The van der Waals surface area contributed by atoms with Crippen molar-refractivity contribution < 1.29 is 4.79 Å². The summed E-state index contributed by atoms with van der Waals surface area (Å²) in [6.07, 6.45) is 0.504. The summed E-state index contributed by atoms with van der Waals surface area (Å²) in [5, 5.41) is 7.87. The fourth-order valence-corrected chi connectivity index (χ4v) is 2.01. The Morgan fingerprint density at radius 2 is 2.29 bits per heavy atom. The number of nitrogens with zero attached hydrogens (tertiary/aromatic N) is 3. The van der Waals surface area contributed by atoms with Crippen LogP contribution in [0.2, 0.25) is 5.15 Å². The van der Waals surface area contributed by atoms with Crippen LogP contribution in [0.3, 0.4) is 0 Å². The molecule has 1 saturated heterocycles. The minimum atomic E-state index is 0.0588. The van der Waals surface area contributed by atoms with Crippen molar-refractivity contribution in [3.05, 3.63) is 17.3 Å². The molecule has 0 N–H and O–H groups in total. The van der Waals surface area contributed by atoms with Crippen LogP contribution in [0.5, 0.6) is 0 Å². The molecule has 1 aliphatic heterocycles. The molecule has 0 saturated carbocycles. The second-order valence-corrected chi connectivity index (χ2v) is 4.70. The van der Waals surface area contributed by atoms with Crippen LogP contribution in [0.25, 0.3) is 0 Å². The van der Waals surface area contributed by atoms with Crippen LogP contribution in [-0.4, -0.2) is 27.5 Å². The van der Waals surface area contributed by atoms with E-state index in [-0.39, 0.29) is 10.7 Å². The van der Waals surface area contributed by atoms with Crippen molar-refractivity contribution in [3.8, 4) is 0 Å². The van der Waals surface area contributed by atoms with Crippen LogP contribution in [0.1, 0.15) is 6.42 Å². The van der Waals surface area contributed by atoms with Crippen LogP contribution >= 0.6 is 27.5 Å². The molecule has 0 bridgehead atoms. The number of aromatic nitrogens is 2. The van der Waals surface area contributed by atoms with Gasteiger partial charge in [0.2, 0.25) is 5.91 Å². The summed E-state index contributed by atoms with van der Waals surface area (Å²) in [5.74, 6) is 0.616. The molecule has 0 spiro atoms. The van der Waals surface area contributed by atoms with Gasteiger partial charge in [-0.05, 0) is 12.1 Å². The van der Waals surface area contributed by atoms with Crippen molar-refractivity contribution in [2.45, 2.75) is 11.2 Å². The number of halogens is 2. The summed E-state index contributed by atoms with van der Waals surface area (Å²) >= 11 is 8.99. The van der Waals surface area contributed by atoms with Gasteiger partial charge in [-0.25, -0.2) is 0 Å². The number of carbonyl (C=O) groups excluding carboxylic acids is 1. The van der Waals surface area contributed by atoms with Crippen molar-refractivity contribution in [2.24, 2.45) is 0 Å². The zero-order valence-corrected chi connectivity index (χ0v) is 9.49. The first-order chi connectivity index (χ1) is 6.66. The summed E-state index contributed by atoms with van der Waals surface area (Å²) < 4.78 is 0. The first-order valence-corrected chi connectivity index (χ1v) is 5.40. The topological polar surface area (TPSA) is 46.1 Å². The van der Waals surface area contributed by atoms with Crippen LogP contribution in [0.4, 0.5) is 5.82 Å². The Labute approximate surface area is 94.4 Å². The summed E-state index contributed by atoms with van der Waals surface area (Å²) in [6.45, 7) is 0.634. The van der Waals surface area contributed by atoms with E-state index in [0.29, 0.717) is 23.9 Å². The summed E-state index contributed by atoms with van der Waals surface area (Å²) in [5.41, 5.74) is 0. The van der Waals surface area contributed by atoms with Gasteiger partial charge in [0.05, 0.1) is 0 Å². The molecule has 2 rings (SSSR count). The maximum Gasteiger partial charge on any atom is 0.229 e. The smallest absolute Gasteiger partial charge is 0.229 e. The third-order valence-corrected chi connectivity index (χ3v) is 2.79. The minimum absolute atomic E-state index is 0.0588. The molecule has 74 valence electrons. The van der Waals surface area contributed by atoms with Gasteiger partial charge in [-0.3, -0.25) is 9.69 Å². The molecule has 6 heteroatoms. The lowest BCUT2D eigenvalue weighted by atomic mass is 10.4. The molecule has 1 fully saturated rings. The van der Waals surface area contributed by atoms with Gasteiger partial charge >= 0.3 is 0 Å². The first-order valence-electron chi connectivity index (χ1n) is 4.10. The highest BCUT2D eigenvalue weighted by Crippen LogP contribution is 2.23. The number of alkyl halides is 1. The summed E-state index contributed by atoms with van der Waals surface area (Å²) in [4.78, 5) is 13.3. The molecule has 4 nitrogen and oxygen atoms in total. The van der Waals surface area contributed by atoms with E-state index in [1.54, 1.807) is 17.0 Å². The highest BCUT2D eigenvalue weighted by atomic mass is 79.9. The summed E-state index contributed by atoms with van der Waals surface area (Å²) in [7, 11) is 0. The molecule has 2 heterocycles. The van der Waals surface area contributed by atoms with E-state index < -0.39 is 0 Å². The average Bonchev–Trinajstić information content (AvgIpc) is 2.47. The Morgan fingerprint density at radius 3 is 2.79 bits per heavy atom. The minimum Gasteiger partial charge on any atom is -0.294 e. The highest BCUT2D eigenvalue weighted by molar-refractivity contribution is 9.09. The van der Waals surface area contributed by atoms with E-state index in [4.69, 9.17) is 11.6 Å². The zero-order chi connectivity index (χ0) is 10.1. The monoisotopic (exact) mass is 275 g/mol. The Morgan fingerprint density at radius 1 is 1.50 bits per heavy atom. The number of anilines is 1. The first kappa shape index (κ1) is 9.86. The van der Waals surface area contributed by atoms with Gasteiger partial charge in [-0.15, -0.1) is 10.2 Å². The predicted molar refractivity (Wildman–Crippen MR) is 56.7 cm³/mol. The van der Waals surface area contributed by atoms with E-state index in [0.717, 1.165) is 0 Å². The molecule has 1 aliphatic rings. The van der Waals surface area contributed by atoms with Crippen molar-refractivity contribution in [3.63, 3.8) is 0 Å². The van der Waals surface area contributed by atoms with Gasteiger partial charge in [0.1, 0.15) is 0 Å². The lowest BCUT2D eigenvalue weighted by Gasteiger charge is -2.13. The Bertz CT molecular complexity index is 356. The molecule has 1 aromatic rings. The standard InChI is InChI=1S/C8H7BrClN3O/c9-5-3-8(14)13(4-5)7-2-1-6(10)11-12-7/h1-2,5H,3-4H2. The third-order valence-electron chi connectivity index (χ3n) is 1.97. The molecule has 1 unspecified atom stereocenters. The van der Waals surface area contributed by atoms with Gasteiger partial charge in [-0.1, -0.05) is 27.5 Å². The largest absolute Gasteiger partial charge is 0.294 e. The van der Waals surface area contributed by atoms with Gasteiger partial charge in [0, 0.05) is 17.8 Å². The van der Waals surface area contributed by atoms with E-state index in [2.05, 4.69) is 26.1 Å². The quantitative estimate of drug-likeness (QED) is 0.733. The number of carbonyl (C=O) groups is 1. The van der Waals surface area contributed by atoms with E-state index in [9.17, 15) is 4.79 Å². The van der Waals surface area contributed by atoms with Crippen molar-refractivity contribution in [1.29, 1.82) is 0 Å². The van der Waals surface area contributed by atoms with Crippen molar-refractivity contribution in [1.82, 2.24) is 10.2 Å². The SMILES string of the molecule is O=C1CC(Br)CN1c1ccc(Cl)nn1. The maximum absolute atomic E-state index is 11.5. The van der Waals surface area contributed by atoms with Crippen LogP contribution in [-0.2, 0) is 4.79 Å². The van der Waals surface area contributed by atoms with Crippen molar-refractivity contribution >= 4 is 39.3 Å². The Balaban J connectivity index is 2.23. The Hall–Kier alpha value is -0.680. The van der Waals surface area contributed by atoms with Crippen LogP contribution < -0.4 is 4.90 Å². The predicted octanol–water partition coefficient (Wildman–Crippen LogP) is 1.63. The van der Waals surface area contributed by atoms with Gasteiger partial charge in [0.15, 0.2) is 11.0 Å². The average molecular weight is 277 g/mol. The van der Waals surface area contributed by atoms with E-state index >= 15 is 0 Å². The highest BCUT2D eigenvalue weighted by Gasteiger charge is 2.29. The lowest BCUT2D eigenvalue weighted by molar-refractivity contribution is -0.117. The lowest BCUT2D eigenvalue weighted by Crippen LogP contribution is -2.25. The molecule has 0 aromatic carbocycles. The molecule has 1 aromatic heterocycles. The maximum atomic E-state index is 11.5. The number of rotatable bonds is 1. The normalized spacial score (nSPS) is 21.7. The molecule has 14 heavy (non-hydrogen) atoms. The summed E-state index contributed by atoms with van der Waals surface area (Å²) in [6, 6.07) is 3.32. The molecule has 1 atom stereocenters. The molecule has 0 radical (unpaired) electrons. The molecular formula is C8H7BrClN3O. The zero-order valence-electron chi connectivity index (χ0n) is 7.15. The van der Waals surface area contributed by atoms with Crippen molar-refractivity contribution in [2.75, 3.05) is 11.4 Å². The van der Waals surface area contributed by atoms with Gasteiger partial charge in [-0.2, -0.15) is 0 Å².